The Morgan fingerprint density at radius 2 is 1.83 bits per heavy atom. The molecule has 5 nitrogen and oxygen atoms in total. The molecule has 24 heavy (non-hydrogen) atoms. The number of anilines is 2. The molecule has 0 atom stereocenters. The predicted molar refractivity (Wildman–Crippen MR) is 97.8 cm³/mol. The van der Waals surface area contributed by atoms with Gasteiger partial charge in [0.15, 0.2) is 0 Å². The summed E-state index contributed by atoms with van der Waals surface area (Å²) in [7, 11) is 0. The molecule has 1 aromatic heterocycles. The Balaban J connectivity index is 2.24. The number of nitrogens with zero attached hydrogens (tertiary/aromatic N) is 2. The van der Waals surface area contributed by atoms with Crippen LogP contribution in [-0.4, -0.2) is 22.4 Å². The number of hydrogen-bond donors (Lipinski definition) is 2. The summed E-state index contributed by atoms with van der Waals surface area (Å²) in [5.41, 5.74) is 3.29. The summed E-state index contributed by atoms with van der Waals surface area (Å²) in [6, 6.07) is 9.77. The molecule has 1 aromatic carbocycles. The SMILES string of the molecule is Cc1cc(C(=O)NCC(C)C)nc(Nc2ccccc2C(C)C)n1. The predicted octanol–water partition coefficient (Wildman–Crippen LogP) is 4.04. The van der Waals surface area contributed by atoms with Gasteiger partial charge in [0.05, 0.1) is 0 Å². The van der Waals surface area contributed by atoms with Crippen LogP contribution in [0, 0.1) is 12.8 Å². The molecule has 0 aliphatic rings. The van der Waals surface area contributed by atoms with Crippen molar-refractivity contribution in [1.82, 2.24) is 15.3 Å². The lowest BCUT2D eigenvalue weighted by Gasteiger charge is -2.14. The minimum atomic E-state index is -0.172. The van der Waals surface area contributed by atoms with E-state index in [-0.39, 0.29) is 5.91 Å². The zero-order valence-electron chi connectivity index (χ0n) is 15.1. The molecule has 0 aliphatic carbocycles. The molecule has 0 bridgehead atoms. The zero-order valence-corrected chi connectivity index (χ0v) is 15.1. The monoisotopic (exact) mass is 326 g/mol. The fourth-order valence-electron chi connectivity index (χ4n) is 2.36. The third kappa shape index (κ3) is 4.78. The molecule has 1 heterocycles. The Hall–Kier alpha value is -2.43. The Kier molecular flexibility index (Phi) is 5.90. The van der Waals surface area contributed by atoms with Crippen LogP contribution >= 0.6 is 0 Å². The summed E-state index contributed by atoms with van der Waals surface area (Å²) in [4.78, 5) is 21.0. The summed E-state index contributed by atoms with van der Waals surface area (Å²) >= 11 is 0. The van der Waals surface area contributed by atoms with Crippen LogP contribution in [0.15, 0.2) is 30.3 Å². The molecule has 0 aliphatic heterocycles. The molecule has 0 spiro atoms. The molecular formula is C19H26N4O. The summed E-state index contributed by atoms with van der Waals surface area (Å²) in [5.74, 6) is 1.05. The number of aromatic nitrogens is 2. The lowest BCUT2D eigenvalue weighted by molar-refractivity contribution is 0.0944. The second kappa shape index (κ2) is 7.90. The Morgan fingerprint density at radius 1 is 1.12 bits per heavy atom. The van der Waals surface area contributed by atoms with Crippen molar-refractivity contribution < 1.29 is 4.79 Å². The fourth-order valence-corrected chi connectivity index (χ4v) is 2.36. The van der Waals surface area contributed by atoms with Crippen molar-refractivity contribution in [3.8, 4) is 0 Å². The standard InChI is InChI=1S/C19H26N4O/c1-12(2)11-20-18(24)17-10-14(5)21-19(23-17)22-16-9-7-6-8-15(16)13(3)4/h6-10,12-13H,11H2,1-5H3,(H,20,24)(H,21,22,23). The molecule has 0 saturated heterocycles. The average Bonchev–Trinajstić information content (AvgIpc) is 2.52. The minimum absolute atomic E-state index is 0.172. The zero-order chi connectivity index (χ0) is 17.7. The van der Waals surface area contributed by atoms with E-state index < -0.39 is 0 Å². The van der Waals surface area contributed by atoms with Crippen LogP contribution in [0.25, 0.3) is 0 Å². The van der Waals surface area contributed by atoms with Gasteiger partial charge >= 0.3 is 0 Å². The van der Waals surface area contributed by atoms with Crippen LogP contribution in [0.4, 0.5) is 11.6 Å². The van der Waals surface area contributed by atoms with Crippen LogP contribution in [0.5, 0.6) is 0 Å². The highest BCUT2D eigenvalue weighted by Gasteiger charge is 2.12. The molecule has 128 valence electrons. The number of carbonyl (C=O) groups is 1. The van der Waals surface area contributed by atoms with E-state index in [0.717, 1.165) is 11.4 Å². The minimum Gasteiger partial charge on any atom is -0.350 e. The third-order valence-corrected chi connectivity index (χ3v) is 3.59. The van der Waals surface area contributed by atoms with E-state index in [1.807, 2.05) is 25.1 Å². The van der Waals surface area contributed by atoms with Gasteiger partial charge in [0, 0.05) is 17.9 Å². The first-order valence-corrected chi connectivity index (χ1v) is 8.36. The number of rotatable bonds is 6. The van der Waals surface area contributed by atoms with E-state index in [9.17, 15) is 4.79 Å². The van der Waals surface area contributed by atoms with Crippen molar-refractivity contribution in [1.29, 1.82) is 0 Å². The molecule has 0 saturated carbocycles. The van der Waals surface area contributed by atoms with Crippen LogP contribution in [-0.2, 0) is 0 Å². The van der Waals surface area contributed by atoms with E-state index in [0.29, 0.717) is 30.0 Å². The van der Waals surface area contributed by atoms with Crippen molar-refractivity contribution in [2.45, 2.75) is 40.5 Å². The first-order valence-electron chi connectivity index (χ1n) is 8.36. The third-order valence-electron chi connectivity index (χ3n) is 3.59. The van der Waals surface area contributed by atoms with Gasteiger partial charge in [-0.15, -0.1) is 0 Å². The van der Waals surface area contributed by atoms with E-state index in [4.69, 9.17) is 0 Å². The van der Waals surface area contributed by atoms with Gasteiger partial charge in [-0.05, 0) is 36.5 Å². The molecule has 0 unspecified atom stereocenters. The highest BCUT2D eigenvalue weighted by Crippen LogP contribution is 2.25. The van der Waals surface area contributed by atoms with Crippen LogP contribution in [0.1, 0.15) is 55.4 Å². The van der Waals surface area contributed by atoms with E-state index in [1.54, 1.807) is 6.07 Å². The number of para-hydroxylation sites is 1. The lowest BCUT2D eigenvalue weighted by atomic mass is 10.0. The highest BCUT2D eigenvalue weighted by molar-refractivity contribution is 5.92. The first kappa shape index (κ1) is 17.9. The van der Waals surface area contributed by atoms with Gasteiger partial charge in [0.2, 0.25) is 5.95 Å². The largest absolute Gasteiger partial charge is 0.350 e. The molecule has 2 aromatic rings. The first-order chi connectivity index (χ1) is 11.4. The quantitative estimate of drug-likeness (QED) is 0.841. The smallest absolute Gasteiger partial charge is 0.270 e. The fraction of sp³-hybridized carbons (Fsp3) is 0.421. The van der Waals surface area contributed by atoms with Crippen molar-refractivity contribution in [3.63, 3.8) is 0 Å². The molecule has 0 radical (unpaired) electrons. The molecule has 0 fully saturated rings. The van der Waals surface area contributed by atoms with E-state index in [2.05, 4.69) is 54.4 Å². The van der Waals surface area contributed by atoms with Crippen molar-refractivity contribution in [2.75, 3.05) is 11.9 Å². The van der Waals surface area contributed by atoms with Crippen molar-refractivity contribution in [2.24, 2.45) is 5.92 Å². The van der Waals surface area contributed by atoms with Gasteiger partial charge in [-0.1, -0.05) is 45.9 Å². The number of aryl methyl sites for hydroxylation is 1. The molecular weight excluding hydrogens is 300 g/mol. The Bertz CT molecular complexity index is 710. The topological polar surface area (TPSA) is 66.9 Å². The number of nitrogens with one attached hydrogen (secondary N) is 2. The maximum Gasteiger partial charge on any atom is 0.270 e. The molecule has 1 amide bonds. The van der Waals surface area contributed by atoms with Crippen LogP contribution < -0.4 is 10.6 Å². The van der Waals surface area contributed by atoms with Gasteiger partial charge in [0.25, 0.3) is 5.91 Å². The molecule has 2 N–H and O–H groups in total. The van der Waals surface area contributed by atoms with Gasteiger partial charge in [-0.3, -0.25) is 4.79 Å². The number of amides is 1. The molecule has 5 heteroatoms. The van der Waals surface area contributed by atoms with Crippen molar-refractivity contribution >= 4 is 17.5 Å². The summed E-state index contributed by atoms with van der Waals surface area (Å²) < 4.78 is 0. The lowest BCUT2D eigenvalue weighted by Crippen LogP contribution is -2.28. The Morgan fingerprint density at radius 3 is 2.50 bits per heavy atom. The highest BCUT2D eigenvalue weighted by atomic mass is 16.1. The second-order valence-corrected chi connectivity index (χ2v) is 6.69. The summed E-state index contributed by atoms with van der Waals surface area (Å²) in [6.07, 6.45) is 0. The normalized spacial score (nSPS) is 11.0. The second-order valence-electron chi connectivity index (χ2n) is 6.69. The Labute approximate surface area is 143 Å². The van der Waals surface area contributed by atoms with Gasteiger partial charge in [-0.25, -0.2) is 9.97 Å². The van der Waals surface area contributed by atoms with Gasteiger partial charge < -0.3 is 10.6 Å². The molecule has 2 rings (SSSR count). The van der Waals surface area contributed by atoms with Crippen LogP contribution in [0.3, 0.4) is 0 Å². The number of carbonyl (C=O) groups excluding carboxylic acids is 1. The van der Waals surface area contributed by atoms with E-state index in [1.165, 1.54) is 5.56 Å². The van der Waals surface area contributed by atoms with E-state index >= 15 is 0 Å². The van der Waals surface area contributed by atoms with Gasteiger partial charge in [-0.2, -0.15) is 0 Å². The van der Waals surface area contributed by atoms with Crippen LogP contribution in [0.2, 0.25) is 0 Å². The number of benzene rings is 1. The summed E-state index contributed by atoms with van der Waals surface area (Å²) in [6.45, 7) is 10.9. The maximum atomic E-state index is 12.3. The van der Waals surface area contributed by atoms with Gasteiger partial charge in [0.1, 0.15) is 5.69 Å². The summed E-state index contributed by atoms with van der Waals surface area (Å²) in [5, 5.41) is 6.14. The number of hydrogen-bond acceptors (Lipinski definition) is 4. The average molecular weight is 326 g/mol. The van der Waals surface area contributed by atoms with Crippen molar-refractivity contribution in [3.05, 3.63) is 47.3 Å². The maximum absolute atomic E-state index is 12.3.